The fourth-order valence-corrected chi connectivity index (χ4v) is 2.45. The lowest BCUT2D eigenvalue weighted by atomic mass is 9.74. The minimum Gasteiger partial charge on any atom is -0.326 e. The van der Waals surface area contributed by atoms with Crippen LogP contribution in [0.2, 0.25) is 0 Å². The molecule has 15 heavy (non-hydrogen) atoms. The Hall–Kier alpha value is -1.60. The van der Waals surface area contributed by atoms with E-state index in [1.54, 1.807) is 0 Å². The van der Waals surface area contributed by atoms with Gasteiger partial charge in [-0.1, -0.05) is 48.6 Å². The Labute approximate surface area is 89.7 Å². The summed E-state index contributed by atoms with van der Waals surface area (Å²) < 4.78 is 0. The van der Waals surface area contributed by atoms with Crippen molar-refractivity contribution in [1.82, 2.24) is 0 Å². The van der Waals surface area contributed by atoms with Crippen molar-refractivity contribution in [2.45, 2.75) is 0 Å². The third-order valence-corrected chi connectivity index (χ3v) is 3.19. The Morgan fingerprint density at radius 3 is 2.47 bits per heavy atom. The number of nitrogens with two attached hydrogens (primary N) is 1. The van der Waals surface area contributed by atoms with Gasteiger partial charge in [0, 0.05) is 12.5 Å². The third kappa shape index (κ3) is 1.20. The van der Waals surface area contributed by atoms with Gasteiger partial charge in [-0.25, -0.2) is 0 Å². The molecule has 0 aromatic rings. The van der Waals surface area contributed by atoms with Crippen molar-refractivity contribution >= 4 is 0 Å². The van der Waals surface area contributed by atoms with Crippen molar-refractivity contribution in [2.75, 3.05) is 6.54 Å². The minimum atomic E-state index is 0.434. The Morgan fingerprint density at radius 2 is 1.67 bits per heavy atom. The fraction of sp³-hybridized carbons (Fsp3) is 0.143. The summed E-state index contributed by atoms with van der Waals surface area (Å²) in [4.78, 5) is 0. The van der Waals surface area contributed by atoms with Gasteiger partial charge in [0.2, 0.25) is 0 Å². The molecule has 0 heterocycles. The quantitative estimate of drug-likeness (QED) is 0.683. The van der Waals surface area contributed by atoms with Gasteiger partial charge < -0.3 is 5.73 Å². The molecule has 0 fully saturated rings. The lowest BCUT2D eigenvalue weighted by molar-refractivity contribution is 0.855. The highest BCUT2D eigenvalue weighted by Gasteiger charge is 2.26. The SMILES string of the molecule is NCC1=C2C=CC=C3C=CC=C(C=C1)C32. The standard InChI is InChI=1S/C14H13N/c15-9-12-8-7-11-4-1-3-10-5-2-6-13(12)14(10)11/h1-8,14H,9,15H2. The van der Waals surface area contributed by atoms with Gasteiger partial charge in [-0.2, -0.15) is 0 Å². The highest BCUT2D eigenvalue weighted by Crippen LogP contribution is 2.40. The summed E-state index contributed by atoms with van der Waals surface area (Å²) in [5, 5.41) is 0. The Morgan fingerprint density at radius 1 is 0.933 bits per heavy atom. The molecular formula is C14H13N. The van der Waals surface area contributed by atoms with E-state index in [2.05, 4.69) is 48.6 Å². The summed E-state index contributed by atoms with van der Waals surface area (Å²) in [6, 6.07) is 0. The first-order valence-electron chi connectivity index (χ1n) is 5.28. The zero-order valence-corrected chi connectivity index (χ0v) is 8.48. The van der Waals surface area contributed by atoms with Crippen LogP contribution in [0.4, 0.5) is 0 Å². The van der Waals surface area contributed by atoms with Gasteiger partial charge in [0.25, 0.3) is 0 Å². The van der Waals surface area contributed by atoms with E-state index in [-0.39, 0.29) is 0 Å². The van der Waals surface area contributed by atoms with Crippen molar-refractivity contribution in [3.63, 3.8) is 0 Å². The van der Waals surface area contributed by atoms with E-state index in [0.717, 1.165) is 0 Å². The number of hydrogen-bond acceptors (Lipinski definition) is 1. The third-order valence-electron chi connectivity index (χ3n) is 3.19. The number of hydrogen-bond donors (Lipinski definition) is 1. The molecule has 1 atom stereocenters. The first-order valence-corrected chi connectivity index (χ1v) is 5.28. The van der Waals surface area contributed by atoms with E-state index in [0.29, 0.717) is 12.5 Å². The van der Waals surface area contributed by atoms with E-state index in [1.165, 1.54) is 22.3 Å². The van der Waals surface area contributed by atoms with Crippen LogP contribution in [0, 0.1) is 5.92 Å². The predicted molar refractivity (Wildman–Crippen MR) is 63.2 cm³/mol. The van der Waals surface area contributed by atoms with E-state index in [4.69, 9.17) is 5.73 Å². The summed E-state index contributed by atoms with van der Waals surface area (Å²) in [7, 11) is 0. The monoisotopic (exact) mass is 195 g/mol. The van der Waals surface area contributed by atoms with Crippen LogP contribution in [0.3, 0.4) is 0 Å². The van der Waals surface area contributed by atoms with Crippen molar-refractivity contribution in [1.29, 1.82) is 0 Å². The summed E-state index contributed by atoms with van der Waals surface area (Å²) in [5.41, 5.74) is 11.1. The molecule has 0 aliphatic heterocycles. The molecule has 0 aromatic heterocycles. The lowest BCUT2D eigenvalue weighted by Crippen LogP contribution is -2.19. The molecule has 74 valence electrons. The molecule has 0 radical (unpaired) electrons. The van der Waals surface area contributed by atoms with E-state index >= 15 is 0 Å². The molecule has 0 bridgehead atoms. The minimum absolute atomic E-state index is 0.434. The first kappa shape index (κ1) is 8.69. The lowest BCUT2D eigenvalue weighted by Gasteiger charge is -2.30. The van der Waals surface area contributed by atoms with E-state index < -0.39 is 0 Å². The second kappa shape index (κ2) is 3.21. The molecule has 0 saturated carbocycles. The van der Waals surface area contributed by atoms with Crippen LogP contribution in [0.1, 0.15) is 0 Å². The molecule has 3 aliphatic rings. The second-order valence-corrected chi connectivity index (χ2v) is 4.00. The second-order valence-electron chi connectivity index (χ2n) is 4.00. The van der Waals surface area contributed by atoms with Gasteiger partial charge in [0.1, 0.15) is 0 Å². The maximum absolute atomic E-state index is 5.76. The zero-order valence-electron chi connectivity index (χ0n) is 8.48. The number of rotatable bonds is 1. The van der Waals surface area contributed by atoms with Gasteiger partial charge in [-0.3, -0.25) is 0 Å². The maximum Gasteiger partial charge on any atom is 0.0343 e. The Balaban J connectivity index is 2.20. The summed E-state index contributed by atoms with van der Waals surface area (Å²) in [6.45, 7) is 0.622. The van der Waals surface area contributed by atoms with Crippen molar-refractivity contribution in [2.24, 2.45) is 11.7 Å². The Bertz CT molecular complexity index is 473. The fourth-order valence-electron chi connectivity index (χ4n) is 2.45. The van der Waals surface area contributed by atoms with Gasteiger partial charge >= 0.3 is 0 Å². The van der Waals surface area contributed by atoms with Gasteiger partial charge in [-0.05, 0) is 22.3 Å². The highest BCUT2D eigenvalue weighted by atomic mass is 14.5. The molecule has 1 heteroatoms. The summed E-state index contributed by atoms with van der Waals surface area (Å²) in [6.07, 6.45) is 17.3. The van der Waals surface area contributed by atoms with Gasteiger partial charge in [-0.15, -0.1) is 0 Å². The summed E-state index contributed by atoms with van der Waals surface area (Å²) >= 11 is 0. The van der Waals surface area contributed by atoms with Crippen molar-refractivity contribution < 1.29 is 0 Å². The Kier molecular flexibility index (Phi) is 1.86. The molecule has 3 aliphatic carbocycles. The average Bonchev–Trinajstić information content (AvgIpc) is 2.30. The van der Waals surface area contributed by atoms with Crippen LogP contribution in [-0.2, 0) is 0 Å². The van der Waals surface area contributed by atoms with Crippen LogP contribution in [-0.4, -0.2) is 6.54 Å². The average molecular weight is 195 g/mol. The molecule has 1 nitrogen and oxygen atoms in total. The molecule has 2 N–H and O–H groups in total. The van der Waals surface area contributed by atoms with Crippen LogP contribution < -0.4 is 5.73 Å². The molecule has 1 unspecified atom stereocenters. The van der Waals surface area contributed by atoms with Crippen LogP contribution in [0.15, 0.2) is 70.9 Å². The topological polar surface area (TPSA) is 26.0 Å². The zero-order chi connectivity index (χ0) is 10.3. The molecular weight excluding hydrogens is 182 g/mol. The highest BCUT2D eigenvalue weighted by molar-refractivity contribution is 5.60. The molecule has 0 amide bonds. The molecule has 3 rings (SSSR count). The van der Waals surface area contributed by atoms with Crippen LogP contribution in [0.25, 0.3) is 0 Å². The largest absolute Gasteiger partial charge is 0.326 e. The predicted octanol–water partition coefficient (Wildman–Crippen LogP) is 2.42. The van der Waals surface area contributed by atoms with Gasteiger partial charge in [0.05, 0.1) is 0 Å². The van der Waals surface area contributed by atoms with Crippen molar-refractivity contribution in [3.05, 3.63) is 70.9 Å². The van der Waals surface area contributed by atoms with E-state index in [1.807, 2.05) is 0 Å². The van der Waals surface area contributed by atoms with Crippen LogP contribution in [0.5, 0.6) is 0 Å². The van der Waals surface area contributed by atoms with E-state index in [9.17, 15) is 0 Å². The van der Waals surface area contributed by atoms with Gasteiger partial charge in [0.15, 0.2) is 0 Å². The smallest absolute Gasteiger partial charge is 0.0343 e. The van der Waals surface area contributed by atoms with Crippen LogP contribution >= 0.6 is 0 Å². The van der Waals surface area contributed by atoms with Crippen molar-refractivity contribution in [3.8, 4) is 0 Å². The first-order chi connectivity index (χ1) is 7.40. The normalized spacial score (nSPS) is 26.3. The summed E-state index contributed by atoms with van der Waals surface area (Å²) in [5.74, 6) is 0.434. The molecule has 0 spiro atoms. The molecule has 0 saturated heterocycles. The number of allylic oxidation sites excluding steroid dienone is 10. The molecule has 0 aromatic carbocycles. The maximum atomic E-state index is 5.76.